The van der Waals surface area contributed by atoms with Crippen molar-refractivity contribution in [1.29, 1.82) is 0 Å². The molecule has 6 rings (SSSR count). The lowest BCUT2D eigenvalue weighted by Crippen LogP contribution is -2.40. The minimum atomic E-state index is -0.0426. The molecule has 3 aromatic heterocycles. The standard InChI is InChI=1S/C31H32N4O2/c1-3-22(24-9-4-5-10-26(24)32)30(36)20-8-6-7-19(14-20)23-11-12-33-28-16-29(37-31(23)28)25-15-21-17-34-35-27(21)13-18(25)2/h6-8,11-17,22,24,26H,3-5,9-10,32H2,1-2H3,(H,34,35). The van der Waals surface area contributed by atoms with Gasteiger partial charge in [0.15, 0.2) is 11.4 Å². The van der Waals surface area contributed by atoms with E-state index in [0.717, 1.165) is 87.7 Å². The van der Waals surface area contributed by atoms with Gasteiger partial charge >= 0.3 is 0 Å². The number of nitrogens with one attached hydrogen (secondary N) is 1. The number of furan rings is 1. The Hall–Kier alpha value is -3.77. The SMILES string of the molecule is CCC(C(=O)c1cccc(-c2ccnc3cc(-c4cc5cn[nH]c5cc4C)oc23)c1)C1CCCCC1N. The Balaban J connectivity index is 1.37. The summed E-state index contributed by atoms with van der Waals surface area (Å²) in [5, 5.41) is 8.20. The van der Waals surface area contributed by atoms with E-state index in [4.69, 9.17) is 10.2 Å². The van der Waals surface area contributed by atoms with Crippen LogP contribution >= 0.6 is 0 Å². The van der Waals surface area contributed by atoms with Gasteiger partial charge in [-0.25, -0.2) is 0 Å². The molecule has 3 atom stereocenters. The van der Waals surface area contributed by atoms with Gasteiger partial charge in [-0.05, 0) is 67.5 Å². The quantitative estimate of drug-likeness (QED) is 0.247. The van der Waals surface area contributed by atoms with Gasteiger partial charge in [0.25, 0.3) is 0 Å². The minimum absolute atomic E-state index is 0.0426. The molecule has 1 fully saturated rings. The van der Waals surface area contributed by atoms with Crippen LogP contribution in [0.5, 0.6) is 0 Å². The van der Waals surface area contributed by atoms with E-state index in [1.807, 2.05) is 42.6 Å². The highest BCUT2D eigenvalue weighted by molar-refractivity contribution is 6.00. The normalized spacial score (nSPS) is 18.9. The van der Waals surface area contributed by atoms with Crippen LogP contribution in [0.1, 0.15) is 54.9 Å². The maximum atomic E-state index is 13.7. The van der Waals surface area contributed by atoms with Gasteiger partial charge in [-0.1, -0.05) is 38.0 Å². The summed E-state index contributed by atoms with van der Waals surface area (Å²) in [5.41, 5.74) is 13.7. The van der Waals surface area contributed by atoms with Crippen LogP contribution in [0, 0.1) is 18.8 Å². The molecule has 1 aliphatic rings. The molecule has 0 amide bonds. The van der Waals surface area contributed by atoms with Crippen molar-refractivity contribution in [2.24, 2.45) is 17.6 Å². The zero-order valence-electron chi connectivity index (χ0n) is 21.3. The number of H-pyrrole nitrogens is 1. The number of rotatable bonds is 6. The Kier molecular flexibility index (Phi) is 6.13. The molecule has 6 nitrogen and oxygen atoms in total. The van der Waals surface area contributed by atoms with Crippen LogP contribution in [0.15, 0.2) is 65.3 Å². The number of hydrogen-bond acceptors (Lipinski definition) is 5. The first-order valence-electron chi connectivity index (χ1n) is 13.3. The number of fused-ring (bicyclic) bond motifs is 2. The summed E-state index contributed by atoms with van der Waals surface area (Å²) in [6.45, 7) is 4.17. The second-order valence-corrected chi connectivity index (χ2v) is 10.4. The van der Waals surface area contributed by atoms with Crippen molar-refractivity contribution >= 4 is 27.8 Å². The first-order valence-corrected chi connectivity index (χ1v) is 13.3. The van der Waals surface area contributed by atoms with E-state index in [2.05, 4.69) is 41.2 Å². The molecule has 188 valence electrons. The van der Waals surface area contributed by atoms with Crippen molar-refractivity contribution in [1.82, 2.24) is 15.2 Å². The van der Waals surface area contributed by atoms with Gasteiger partial charge in [0, 0.05) is 46.3 Å². The molecule has 0 spiro atoms. The minimum Gasteiger partial charge on any atom is -0.454 e. The second-order valence-electron chi connectivity index (χ2n) is 10.4. The van der Waals surface area contributed by atoms with Crippen LogP contribution < -0.4 is 5.73 Å². The Labute approximate surface area is 216 Å². The number of nitrogens with two attached hydrogens (primary N) is 1. The molecular formula is C31H32N4O2. The molecule has 3 N–H and O–H groups in total. The molecule has 0 bridgehead atoms. The fourth-order valence-electron chi connectivity index (χ4n) is 6.09. The summed E-state index contributed by atoms with van der Waals surface area (Å²) in [6.07, 6.45) is 8.79. The van der Waals surface area contributed by atoms with Crippen LogP contribution in [-0.4, -0.2) is 27.0 Å². The molecule has 3 heterocycles. The van der Waals surface area contributed by atoms with E-state index in [1.165, 1.54) is 0 Å². The summed E-state index contributed by atoms with van der Waals surface area (Å²) in [7, 11) is 0. The van der Waals surface area contributed by atoms with Gasteiger partial charge in [-0.2, -0.15) is 5.10 Å². The number of ketones is 1. The van der Waals surface area contributed by atoms with Crippen LogP contribution in [0.4, 0.5) is 0 Å². The number of aromatic amines is 1. The number of aryl methyl sites for hydroxylation is 1. The zero-order valence-corrected chi connectivity index (χ0v) is 21.3. The summed E-state index contributed by atoms with van der Waals surface area (Å²) >= 11 is 0. The summed E-state index contributed by atoms with van der Waals surface area (Å²) in [4.78, 5) is 18.3. The second kappa shape index (κ2) is 9.60. The van der Waals surface area contributed by atoms with Gasteiger partial charge in [-0.15, -0.1) is 0 Å². The third-order valence-electron chi connectivity index (χ3n) is 8.09. The number of aromatic nitrogens is 3. The molecule has 0 radical (unpaired) electrons. The van der Waals surface area contributed by atoms with E-state index in [-0.39, 0.29) is 23.7 Å². The zero-order chi connectivity index (χ0) is 25.5. The highest BCUT2D eigenvalue weighted by Gasteiger charge is 2.33. The molecule has 5 aromatic rings. The molecular weight excluding hydrogens is 460 g/mol. The third kappa shape index (κ3) is 4.25. The molecule has 2 aromatic carbocycles. The van der Waals surface area contributed by atoms with Crippen molar-refractivity contribution in [2.45, 2.75) is 52.0 Å². The van der Waals surface area contributed by atoms with Crippen molar-refractivity contribution in [3.05, 3.63) is 72.1 Å². The fourth-order valence-corrected chi connectivity index (χ4v) is 6.09. The van der Waals surface area contributed by atoms with Crippen molar-refractivity contribution in [3.63, 3.8) is 0 Å². The predicted molar refractivity (Wildman–Crippen MR) is 147 cm³/mol. The predicted octanol–water partition coefficient (Wildman–Crippen LogP) is 7.07. The van der Waals surface area contributed by atoms with Gasteiger partial charge in [-0.3, -0.25) is 14.9 Å². The maximum absolute atomic E-state index is 13.7. The third-order valence-corrected chi connectivity index (χ3v) is 8.09. The summed E-state index contributed by atoms with van der Waals surface area (Å²) in [6, 6.07) is 16.1. The average Bonchev–Trinajstić information content (AvgIpc) is 3.56. The number of benzene rings is 2. The Morgan fingerprint density at radius 2 is 2.00 bits per heavy atom. The number of carbonyl (C=O) groups excluding carboxylic acids is 1. The topological polar surface area (TPSA) is 97.8 Å². The van der Waals surface area contributed by atoms with E-state index in [1.54, 1.807) is 6.20 Å². The van der Waals surface area contributed by atoms with E-state index < -0.39 is 0 Å². The van der Waals surface area contributed by atoms with Crippen LogP contribution in [0.25, 0.3) is 44.5 Å². The lowest BCUT2D eigenvalue weighted by atomic mass is 9.73. The molecule has 1 saturated carbocycles. The van der Waals surface area contributed by atoms with Crippen LogP contribution in [0.3, 0.4) is 0 Å². The number of pyridine rings is 1. The Morgan fingerprint density at radius 1 is 1.14 bits per heavy atom. The highest BCUT2D eigenvalue weighted by Crippen LogP contribution is 2.37. The van der Waals surface area contributed by atoms with Crippen molar-refractivity contribution < 1.29 is 9.21 Å². The summed E-state index contributed by atoms with van der Waals surface area (Å²) in [5.74, 6) is 1.17. The highest BCUT2D eigenvalue weighted by atomic mass is 16.3. The fraction of sp³-hybridized carbons (Fsp3) is 0.323. The van der Waals surface area contributed by atoms with Crippen molar-refractivity contribution in [2.75, 3.05) is 0 Å². The van der Waals surface area contributed by atoms with Gasteiger partial charge in [0.1, 0.15) is 11.3 Å². The largest absolute Gasteiger partial charge is 0.454 e. The lowest BCUT2D eigenvalue weighted by molar-refractivity contribution is 0.0821. The molecule has 6 heteroatoms. The van der Waals surface area contributed by atoms with Crippen molar-refractivity contribution in [3.8, 4) is 22.5 Å². The van der Waals surface area contributed by atoms with Gasteiger partial charge in [0.2, 0.25) is 0 Å². The van der Waals surface area contributed by atoms with Crippen LogP contribution in [-0.2, 0) is 0 Å². The van der Waals surface area contributed by atoms with E-state index in [0.29, 0.717) is 0 Å². The Bertz CT molecular complexity index is 1600. The Morgan fingerprint density at radius 3 is 2.84 bits per heavy atom. The molecule has 3 unspecified atom stereocenters. The van der Waals surface area contributed by atoms with Crippen LogP contribution in [0.2, 0.25) is 0 Å². The van der Waals surface area contributed by atoms with Gasteiger partial charge < -0.3 is 10.2 Å². The number of carbonyl (C=O) groups is 1. The van der Waals surface area contributed by atoms with E-state index >= 15 is 0 Å². The monoisotopic (exact) mass is 492 g/mol. The van der Waals surface area contributed by atoms with Gasteiger partial charge in [0.05, 0.1) is 11.7 Å². The number of Topliss-reactive ketones (excluding diaryl/α,β-unsaturated/α-hetero) is 1. The smallest absolute Gasteiger partial charge is 0.166 e. The molecule has 37 heavy (non-hydrogen) atoms. The number of hydrogen-bond donors (Lipinski definition) is 2. The molecule has 0 aliphatic heterocycles. The average molecular weight is 493 g/mol. The summed E-state index contributed by atoms with van der Waals surface area (Å²) < 4.78 is 6.43. The lowest BCUT2D eigenvalue weighted by Gasteiger charge is -2.34. The maximum Gasteiger partial charge on any atom is 0.166 e. The molecule has 1 aliphatic carbocycles. The van der Waals surface area contributed by atoms with E-state index in [9.17, 15) is 4.79 Å². The number of nitrogens with zero attached hydrogens (tertiary/aromatic N) is 2. The first kappa shape index (κ1) is 23.6. The first-order chi connectivity index (χ1) is 18.0. The molecule has 0 saturated heterocycles.